The van der Waals surface area contributed by atoms with Crippen molar-refractivity contribution in [1.82, 2.24) is 4.90 Å². The molecule has 0 spiro atoms. The zero-order valence-electron chi connectivity index (χ0n) is 10.6. The number of fused-ring (bicyclic) bond motifs is 1. The van der Waals surface area contributed by atoms with Gasteiger partial charge in [-0.15, -0.1) is 11.8 Å². The lowest BCUT2D eigenvalue weighted by molar-refractivity contribution is -0.689. The van der Waals surface area contributed by atoms with Crippen LogP contribution in [0, 0.1) is 0 Å². The van der Waals surface area contributed by atoms with Gasteiger partial charge in [-0.05, 0) is 0 Å². The van der Waals surface area contributed by atoms with Gasteiger partial charge < -0.3 is 10.8 Å². The number of hydrogen-bond acceptors (Lipinski definition) is 4. The Morgan fingerprint density at radius 2 is 2.15 bits per heavy atom. The molecule has 1 saturated heterocycles. The number of nitrogens with two attached hydrogens (primary N) is 1. The van der Waals surface area contributed by atoms with Gasteiger partial charge in [-0.2, -0.15) is 0 Å². The third-order valence-electron chi connectivity index (χ3n) is 3.44. The number of thioether (sulfide) groups is 1. The van der Waals surface area contributed by atoms with E-state index in [4.69, 9.17) is 5.73 Å². The van der Waals surface area contributed by atoms with E-state index in [9.17, 15) is 14.7 Å². The van der Waals surface area contributed by atoms with E-state index < -0.39 is 12.0 Å². The van der Waals surface area contributed by atoms with Crippen LogP contribution >= 0.6 is 11.8 Å². The summed E-state index contributed by atoms with van der Waals surface area (Å²) in [6.45, 7) is 0.460. The van der Waals surface area contributed by atoms with E-state index in [1.165, 1.54) is 16.7 Å². The fourth-order valence-electron chi connectivity index (χ4n) is 2.46. The first-order valence-corrected chi connectivity index (χ1v) is 7.24. The molecule has 0 aromatic carbocycles. The van der Waals surface area contributed by atoms with Gasteiger partial charge in [0.15, 0.2) is 18.9 Å². The lowest BCUT2D eigenvalue weighted by Crippen LogP contribution is -2.68. The van der Waals surface area contributed by atoms with Crippen LogP contribution in [0.25, 0.3) is 0 Å². The van der Waals surface area contributed by atoms with Gasteiger partial charge in [-0.25, -0.2) is 9.36 Å². The van der Waals surface area contributed by atoms with Crippen molar-refractivity contribution in [2.45, 2.75) is 18.0 Å². The predicted molar refractivity (Wildman–Crippen MR) is 72.4 cm³/mol. The first-order valence-electron chi connectivity index (χ1n) is 6.19. The van der Waals surface area contributed by atoms with Crippen molar-refractivity contribution in [2.75, 3.05) is 5.75 Å². The van der Waals surface area contributed by atoms with Crippen LogP contribution in [0.1, 0.15) is 0 Å². The molecule has 1 amide bonds. The fourth-order valence-corrected chi connectivity index (χ4v) is 3.74. The molecule has 6 nitrogen and oxygen atoms in total. The number of hydrogen-bond donors (Lipinski definition) is 2. The van der Waals surface area contributed by atoms with Crippen LogP contribution in [-0.4, -0.2) is 39.1 Å². The van der Waals surface area contributed by atoms with Crippen LogP contribution in [0.5, 0.6) is 0 Å². The molecule has 104 valence electrons. The van der Waals surface area contributed by atoms with E-state index >= 15 is 0 Å². The highest BCUT2D eigenvalue weighted by atomic mass is 32.2. The summed E-state index contributed by atoms with van der Waals surface area (Å²) in [4.78, 5) is 24.6. The Labute approximate surface area is 119 Å². The van der Waals surface area contributed by atoms with Crippen LogP contribution in [-0.2, 0) is 16.1 Å². The number of aromatic nitrogens is 1. The summed E-state index contributed by atoms with van der Waals surface area (Å²) >= 11 is 1.52. The zero-order valence-corrected chi connectivity index (χ0v) is 11.4. The largest absolute Gasteiger partial charge is 0.477 e. The highest BCUT2D eigenvalue weighted by molar-refractivity contribution is 8.00. The van der Waals surface area contributed by atoms with Crippen molar-refractivity contribution >= 4 is 23.6 Å². The lowest BCUT2D eigenvalue weighted by atomic mass is 10.0. The van der Waals surface area contributed by atoms with Crippen LogP contribution < -0.4 is 10.3 Å². The van der Waals surface area contributed by atoms with Crippen LogP contribution in [0.15, 0.2) is 41.9 Å². The van der Waals surface area contributed by atoms with Gasteiger partial charge in [-0.3, -0.25) is 9.69 Å². The molecule has 7 heteroatoms. The minimum Gasteiger partial charge on any atom is -0.477 e. The van der Waals surface area contributed by atoms with Gasteiger partial charge in [0.1, 0.15) is 17.1 Å². The van der Waals surface area contributed by atoms with Crippen molar-refractivity contribution in [1.29, 1.82) is 0 Å². The number of pyridine rings is 1. The molecule has 2 atom stereocenters. The molecule has 1 fully saturated rings. The van der Waals surface area contributed by atoms with Gasteiger partial charge in [-0.1, -0.05) is 6.07 Å². The summed E-state index contributed by atoms with van der Waals surface area (Å²) in [5.41, 5.74) is 6.53. The number of carboxylic acids is 1. The van der Waals surface area contributed by atoms with E-state index in [1.807, 2.05) is 35.2 Å². The molecule has 2 aliphatic rings. The highest BCUT2D eigenvalue weighted by Gasteiger charge is 2.52. The summed E-state index contributed by atoms with van der Waals surface area (Å²) in [6, 6.07) is 5.07. The van der Waals surface area contributed by atoms with E-state index in [0.29, 0.717) is 12.3 Å². The van der Waals surface area contributed by atoms with Crippen molar-refractivity contribution in [3.63, 3.8) is 0 Å². The summed E-state index contributed by atoms with van der Waals surface area (Å²) in [6.07, 6.45) is 3.74. The van der Waals surface area contributed by atoms with Gasteiger partial charge in [0.25, 0.3) is 0 Å². The molecular weight excluding hydrogens is 278 g/mol. The molecular formula is C13H14N3O3S+. The third kappa shape index (κ3) is 1.99. The second-order valence-electron chi connectivity index (χ2n) is 4.74. The van der Waals surface area contributed by atoms with Crippen molar-refractivity contribution < 1.29 is 19.3 Å². The Balaban J connectivity index is 1.94. The van der Waals surface area contributed by atoms with Gasteiger partial charge >= 0.3 is 5.97 Å². The quantitative estimate of drug-likeness (QED) is 0.582. The number of rotatable bonds is 3. The van der Waals surface area contributed by atoms with E-state index in [2.05, 4.69) is 0 Å². The SMILES string of the molecule is N[C@@H]1C(=O)N2C(C(=O)O)=C(C[n+]3ccccc3)CS[C@@H]12. The molecule has 1 aromatic rings. The molecule has 3 heterocycles. The average Bonchev–Trinajstić information content (AvgIpc) is 2.46. The van der Waals surface area contributed by atoms with Gasteiger partial charge in [0, 0.05) is 23.5 Å². The number of nitrogens with zero attached hydrogens (tertiary/aromatic N) is 2. The Hall–Kier alpha value is -1.86. The average molecular weight is 292 g/mol. The van der Waals surface area contributed by atoms with Crippen LogP contribution in [0.3, 0.4) is 0 Å². The Kier molecular flexibility index (Phi) is 3.23. The number of carboxylic acid groups (broad SMARTS) is 1. The first-order chi connectivity index (χ1) is 9.59. The highest BCUT2D eigenvalue weighted by Crippen LogP contribution is 2.39. The predicted octanol–water partition coefficient (Wildman–Crippen LogP) is -0.445. The maximum Gasteiger partial charge on any atom is 0.352 e. The summed E-state index contributed by atoms with van der Waals surface area (Å²) in [7, 11) is 0. The van der Waals surface area contributed by atoms with Gasteiger partial charge in [0.05, 0.1) is 0 Å². The molecule has 0 unspecified atom stereocenters. The molecule has 20 heavy (non-hydrogen) atoms. The van der Waals surface area contributed by atoms with E-state index in [1.54, 1.807) is 0 Å². The summed E-state index contributed by atoms with van der Waals surface area (Å²) in [5.74, 6) is -0.802. The molecule has 1 aromatic heterocycles. The first kappa shape index (κ1) is 13.1. The summed E-state index contributed by atoms with van der Waals surface area (Å²) < 4.78 is 1.89. The number of aliphatic carboxylic acids is 1. The number of carbonyl (C=O) groups excluding carboxylic acids is 1. The topological polar surface area (TPSA) is 87.5 Å². The van der Waals surface area contributed by atoms with Crippen LogP contribution in [0.2, 0.25) is 0 Å². The molecule has 2 aliphatic heterocycles. The monoisotopic (exact) mass is 292 g/mol. The molecule has 0 aliphatic carbocycles. The third-order valence-corrected chi connectivity index (χ3v) is 4.80. The molecule has 0 radical (unpaired) electrons. The molecule has 0 bridgehead atoms. The zero-order chi connectivity index (χ0) is 14.3. The number of carbonyl (C=O) groups is 2. The second kappa shape index (κ2) is 4.92. The minimum absolute atomic E-state index is 0.0943. The fraction of sp³-hybridized carbons (Fsp3) is 0.308. The maximum absolute atomic E-state index is 11.8. The van der Waals surface area contributed by atoms with Crippen LogP contribution in [0.4, 0.5) is 0 Å². The van der Waals surface area contributed by atoms with Crippen molar-refractivity contribution in [2.24, 2.45) is 5.73 Å². The summed E-state index contributed by atoms with van der Waals surface area (Å²) in [5, 5.41) is 9.16. The molecule has 0 saturated carbocycles. The second-order valence-corrected chi connectivity index (χ2v) is 5.85. The Morgan fingerprint density at radius 1 is 1.45 bits per heavy atom. The molecule has 3 N–H and O–H groups in total. The Bertz CT molecular complexity index is 602. The van der Waals surface area contributed by atoms with Crippen molar-refractivity contribution in [3.8, 4) is 0 Å². The van der Waals surface area contributed by atoms with Crippen molar-refractivity contribution in [3.05, 3.63) is 41.9 Å². The normalized spacial score (nSPS) is 25.2. The minimum atomic E-state index is -1.07. The van der Waals surface area contributed by atoms with Gasteiger partial charge in [0.2, 0.25) is 5.91 Å². The Morgan fingerprint density at radius 3 is 2.80 bits per heavy atom. The molecule has 3 rings (SSSR count). The van der Waals surface area contributed by atoms with E-state index in [-0.39, 0.29) is 17.0 Å². The number of β-lactam (4-membered cyclic amide) rings is 1. The maximum atomic E-state index is 11.8. The smallest absolute Gasteiger partial charge is 0.352 e. The standard InChI is InChI=1S/C13H13N3O3S/c14-9-11(17)16-10(13(18)19)8(7-20-12(9)16)6-15-4-2-1-3-5-15/h1-5,9,12H,6-7,14H2/p+1/t9-,12+/m1/s1. The van der Waals surface area contributed by atoms with E-state index in [0.717, 1.165) is 5.57 Å². The lowest BCUT2D eigenvalue weighted by Gasteiger charge is -2.47. The number of amides is 1.